The van der Waals surface area contributed by atoms with E-state index in [9.17, 15) is 9.13 Å². The van der Waals surface area contributed by atoms with Crippen LogP contribution in [-0.2, 0) is 13.7 Å². The summed E-state index contributed by atoms with van der Waals surface area (Å²) in [5.74, 6) is 0. The van der Waals surface area contributed by atoms with Crippen molar-refractivity contribution < 1.29 is 33.2 Å². The predicted octanol–water partition coefficient (Wildman–Crippen LogP) is 0.300. The van der Waals surface area contributed by atoms with Gasteiger partial charge in [-0.25, -0.2) is 4.57 Å². The molecule has 7 nitrogen and oxygen atoms in total. The van der Waals surface area contributed by atoms with E-state index in [2.05, 4.69) is 4.52 Å². The van der Waals surface area contributed by atoms with Crippen molar-refractivity contribution in [3.05, 3.63) is 0 Å². The minimum absolute atomic E-state index is 0.414. The van der Waals surface area contributed by atoms with Crippen LogP contribution < -0.4 is 0 Å². The zero-order valence-corrected chi connectivity index (χ0v) is 9.61. The van der Waals surface area contributed by atoms with Gasteiger partial charge in [0.1, 0.15) is 0 Å². The first-order chi connectivity index (χ1) is 5.91. The maximum Gasteiger partial charge on any atom is 0.469 e. The lowest BCUT2D eigenvalue weighted by molar-refractivity contribution is 0.137. The van der Waals surface area contributed by atoms with Gasteiger partial charge in [0.25, 0.3) is 0 Å². The zero-order valence-electron chi connectivity index (χ0n) is 7.82. The molecule has 0 aromatic heterocycles. The molecule has 0 spiro atoms. The van der Waals surface area contributed by atoms with Gasteiger partial charge in [-0.2, -0.15) is 0 Å². The van der Waals surface area contributed by atoms with Crippen molar-refractivity contribution in [3.63, 3.8) is 0 Å². The molecule has 4 N–H and O–H groups in total. The quantitative estimate of drug-likeness (QED) is 0.515. The van der Waals surface area contributed by atoms with Crippen LogP contribution in [0.2, 0.25) is 0 Å². The molecule has 0 aliphatic rings. The molecule has 9 heteroatoms. The molecular weight excluding hydrogens is 234 g/mol. The average Bonchev–Trinajstić information content (AvgIpc) is 1.76. The molecule has 0 rings (SSSR count). The van der Waals surface area contributed by atoms with E-state index in [1.165, 1.54) is 13.8 Å². The third kappa shape index (κ3) is 8.84. The van der Waals surface area contributed by atoms with Crippen molar-refractivity contribution in [3.8, 4) is 0 Å². The molecule has 0 aliphatic carbocycles. The molecule has 0 bridgehead atoms. The molecule has 0 atom stereocenters. The highest BCUT2D eigenvalue weighted by Crippen LogP contribution is 2.44. The van der Waals surface area contributed by atoms with Gasteiger partial charge in [-0.3, -0.25) is 9.09 Å². The second kappa shape index (κ2) is 4.41. The van der Waals surface area contributed by atoms with Crippen LogP contribution in [-0.4, -0.2) is 32.3 Å². The molecule has 0 radical (unpaired) electrons. The van der Waals surface area contributed by atoms with Crippen molar-refractivity contribution in [2.45, 2.75) is 13.8 Å². The average molecular weight is 248 g/mol. The fraction of sp³-hybridized carbons (Fsp3) is 1.00. The molecule has 0 saturated heterocycles. The van der Waals surface area contributed by atoms with Crippen LogP contribution in [0.3, 0.4) is 0 Å². The molecule has 0 aromatic rings. The van der Waals surface area contributed by atoms with E-state index in [0.717, 1.165) is 0 Å². The predicted molar refractivity (Wildman–Crippen MR) is 48.7 cm³/mol. The van der Waals surface area contributed by atoms with E-state index >= 15 is 0 Å². The lowest BCUT2D eigenvalue weighted by Gasteiger charge is -2.24. The van der Waals surface area contributed by atoms with Gasteiger partial charge in [0.05, 0.1) is 12.8 Å². The van der Waals surface area contributed by atoms with Crippen LogP contribution in [0.25, 0.3) is 0 Å². The Morgan fingerprint density at radius 2 is 1.57 bits per heavy atom. The molecule has 0 aliphatic heterocycles. The molecular formula is C5H14O7P2. The standard InChI is InChI=1S/C5H14O7P2/c1-5(2,4-13(6,7)8)3-12-14(9,10)11/h3-4H2,1-2H3,(H2,6,7,8)(H2,9,10,11). The van der Waals surface area contributed by atoms with Gasteiger partial charge in [-0.05, 0) is 0 Å². The van der Waals surface area contributed by atoms with E-state index in [1.54, 1.807) is 0 Å². The van der Waals surface area contributed by atoms with Crippen LogP contribution in [0.4, 0.5) is 0 Å². The molecule has 86 valence electrons. The summed E-state index contributed by atoms with van der Waals surface area (Å²) in [6.45, 7) is 2.48. The van der Waals surface area contributed by atoms with E-state index in [1.807, 2.05) is 0 Å². The largest absolute Gasteiger partial charge is 0.469 e. The monoisotopic (exact) mass is 248 g/mol. The second-order valence-corrected chi connectivity index (χ2v) is 6.64. The van der Waals surface area contributed by atoms with Crippen LogP contribution in [0.15, 0.2) is 0 Å². The van der Waals surface area contributed by atoms with Crippen LogP contribution >= 0.6 is 15.4 Å². The first-order valence-corrected chi connectivity index (χ1v) is 6.99. The summed E-state index contributed by atoms with van der Waals surface area (Å²) in [6, 6.07) is 0. The second-order valence-electron chi connectivity index (χ2n) is 3.75. The SMILES string of the molecule is CC(C)(COP(=O)(O)O)CP(=O)(O)O. The lowest BCUT2D eigenvalue weighted by atomic mass is 9.98. The van der Waals surface area contributed by atoms with Gasteiger partial charge >= 0.3 is 15.4 Å². The van der Waals surface area contributed by atoms with Gasteiger partial charge in [0.2, 0.25) is 0 Å². The summed E-state index contributed by atoms with van der Waals surface area (Å²) in [4.78, 5) is 34.0. The topological polar surface area (TPSA) is 124 Å². The van der Waals surface area contributed by atoms with Crippen LogP contribution in [0.5, 0.6) is 0 Å². The van der Waals surface area contributed by atoms with E-state index in [0.29, 0.717) is 0 Å². The number of phosphoric ester groups is 1. The summed E-state index contributed by atoms with van der Waals surface area (Å²) in [6.07, 6.45) is -0.486. The molecule has 0 heterocycles. The summed E-state index contributed by atoms with van der Waals surface area (Å²) < 4.78 is 25.1. The fourth-order valence-electron chi connectivity index (χ4n) is 0.862. The van der Waals surface area contributed by atoms with Gasteiger partial charge < -0.3 is 19.6 Å². The van der Waals surface area contributed by atoms with Crippen molar-refractivity contribution in [2.24, 2.45) is 5.41 Å². The van der Waals surface area contributed by atoms with E-state index in [-0.39, 0.29) is 0 Å². The number of hydrogen-bond donors (Lipinski definition) is 4. The summed E-state index contributed by atoms with van der Waals surface area (Å²) in [5.41, 5.74) is -0.986. The Balaban J connectivity index is 4.23. The molecule has 0 aromatic carbocycles. The highest BCUT2D eigenvalue weighted by atomic mass is 31.2. The molecule has 0 unspecified atom stereocenters. The summed E-state index contributed by atoms with van der Waals surface area (Å²) in [5, 5.41) is 0. The summed E-state index contributed by atoms with van der Waals surface area (Å²) in [7, 11) is -8.78. The Labute approximate surface area is 81.5 Å². The normalized spacial score (nSPS) is 14.4. The van der Waals surface area contributed by atoms with E-state index < -0.39 is 33.6 Å². The Hall–Kier alpha value is 0.260. The van der Waals surface area contributed by atoms with Crippen molar-refractivity contribution >= 4 is 15.4 Å². The molecule has 0 fully saturated rings. The molecule has 0 saturated carbocycles. The van der Waals surface area contributed by atoms with Crippen LogP contribution in [0, 0.1) is 5.41 Å². The van der Waals surface area contributed by atoms with Gasteiger partial charge in [-0.1, -0.05) is 13.8 Å². The Kier molecular flexibility index (Phi) is 4.49. The fourth-order valence-corrected chi connectivity index (χ4v) is 2.59. The van der Waals surface area contributed by atoms with Crippen molar-refractivity contribution in [1.82, 2.24) is 0 Å². The Morgan fingerprint density at radius 3 is 1.86 bits per heavy atom. The van der Waals surface area contributed by atoms with Crippen molar-refractivity contribution in [1.29, 1.82) is 0 Å². The van der Waals surface area contributed by atoms with Crippen molar-refractivity contribution in [2.75, 3.05) is 12.8 Å². The first-order valence-electron chi connectivity index (χ1n) is 3.66. The highest BCUT2D eigenvalue weighted by Gasteiger charge is 2.31. The Bertz CT molecular complexity index is 274. The maximum atomic E-state index is 10.6. The number of phosphoric acid groups is 1. The summed E-state index contributed by atoms with van der Waals surface area (Å²) >= 11 is 0. The van der Waals surface area contributed by atoms with Crippen LogP contribution in [0.1, 0.15) is 13.8 Å². The van der Waals surface area contributed by atoms with E-state index in [4.69, 9.17) is 19.6 Å². The number of hydrogen-bond acceptors (Lipinski definition) is 3. The zero-order chi connectivity index (χ0) is 11.6. The third-order valence-corrected chi connectivity index (χ3v) is 2.99. The van der Waals surface area contributed by atoms with Gasteiger partial charge in [0, 0.05) is 5.41 Å². The number of rotatable bonds is 5. The minimum atomic E-state index is -4.58. The lowest BCUT2D eigenvalue weighted by Crippen LogP contribution is -2.23. The van der Waals surface area contributed by atoms with Gasteiger partial charge in [0.15, 0.2) is 0 Å². The molecule has 0 amide bonds. The molecule has 14 heavy (non-hydrogen) atoms. The highest BCUT2D eigenvalue weighted by molar-refractivity contribution is 7.51. The van der Waals surface area contributed by atoms with Gasteiger partial charge in [-0.15, -0.1) is 0 Å². The first kappa shape index (κ1) is 14.3. The maximum absolute atomic E-state index is 10.6. The Morgan fingerprint density at radius 1 is 1.14 bits per heavy atom. The minimum Gasteiger partial charge on any atom is -0.324 e. The third-order valence-electron chi connectivity index (χ3n) is 1.26. The smallest absolute Gasteiger partial charge is 0.324 e.